The van der Waals surface area contributed by atoms with Crippen LogP contribution in [0.5, 0.6) is 0 Å². The van der Waals surface area contributed by atoms with Crippen LogP contribution in [0.15, 0.2) is 21.5 Å². The number of nitrogens with one attached hydrogen (secondary N) is 1. The van der Waals surface area contributed by atoms with Crippen LogP contribution >= 0.6 is 46.6 Å². The highest BCUT2D eigenvalue weighted by atomic mass is 127. The van der Waals surface area contributed by atoms with E-state index in [9.17, 15) is 4.79 Å². The quantitative estimate of drug-likeness (QED) is 0.485. The Bertz CT molecular complexity index is 438. The lowest BCUT2D eigenvalue weighted by Gasteiger charge is -1.88. The van der Waals surface area contributed by atoms with Crippen molar-refractivity contribution in [1.29, 1.82) is 0 Å². The van der Waals surface area contributed by atoms with Crippen molar-refractivity contribution in [2.24, 2.45) is 0 Å². The van der Waals surface area contributed by atoms with Crippen LogP contribution < -0.4 is 5.32 Å². The van der Waals surface area contributed by atoms with Crippen molar-refractivity contribution in [3.8, 4) is 0 Å². The van der Waals surface area contributed by atoms with Crippen molar-refractivity contribution in [3.05, 3.63) is 26.6 Å². The maximum Gasteiger partial charge on any atom is 0.263 e. The number of carbonyl (C=O) groups excluding carboxylic acids is 1. The van der Waals surface area contributed by atoms with E-state index >= 15 is 0 Å². The van der Waals surface area contributed by atoms with Crippen LogP contribution in [0.25, 0.3) is 6.08 Å². The highest BCUT2D eigenvalue weighted by Crippen LogP contribution is 2.26. The van der Waals surface area contributed by atoms with Crippen molar-refractivity contribution in [2.45, 2.75) is 0 Å². The number of thioether (sulfide) groups is 1. The number of carbonyl (C=O) groups is 1. The SMILES string of the molecule is O=C1NC(=S)S/C1=C/c1ccc(I)o1. The second kappa shape index (κ2) is 4.03. The maximum atomic E-state index is 11.3. The molecule has 1 amide bonds. The van der Waals surface area contributed by atoms with Gasteiger partial charge in [-0.15, -0.1) is 0 Å². The number of hydrogen-bond acceptors (Lipinski definition) is 4. The van der Waals surface area contributed by atoms with Gasteiger partial charge in [0.25, 0.3) is 5.91 Å². The van der Waals surface area contributed by atoms with Crippen molar-refractivity contribution in [2.75, 3.05) is 0 Å². The second-order valence-corrected chi connectivity index (χ2v) is 5.28. The first-order valence-corrected chi connectivity index (χ1v) is 5.96. The van der Waals surface area contributed by atoms with Crippen LogP contribution in [-0.4, -0.2) is 10.2 Å². The minimum Gasteiger partial charge on any atom is -0.451 e. The number of amides is 1. The van der Waals surface area contributed by atoms with Gasteiger partial charge in [-0.3, -0.25) is 4.79 Å². The monoisotopic (exact) mass is 337 g/mol. The van der Waals surface area contributed by atoms with Crippen LogP contribution in [0.1, 0.15) is 5.76 Å². The van der Waals surface area contributed by atoms with Crippen LogP contribution in [0.4, 0.5) is 0 Å². The molecule has 0 aromatic carbocycles. The smallest absolute Gasteiger partial charge is 0.263 e. The van der Waals surface area contributed by atoms with Crippen LogP contribution in [-0.2, 0) is 4.79 Å². The van der Waals surface area contributed by atoms with Gasteiger partial charge in [-0.2, -0.15) is 0 Å². The molecule has 2 rings (SSSR count). The highest BCUT2D eigenvalue weighted by molar-refractivity contribution is 14.1. The normalized spacial score (nSPS) is 19.1. The van der Waals surface area contributed by atoms with E-state index in [1.165, 1.54) is 11.8 Å². The molecular weight excluding hydrogens is 333 g/mol. The zero-order valence-electron chi connectivity index (χ0n) is 6.74. The first kappa shape index (κ1) is 10.2. The average molecular weight is 337 g/mol. The molecule has 72 valence electrons. The molecule has 1 fully saturated rings. The van der Waals surface area contributed by atoms with Gasteiger partial charge < -0.3 is 9.73 Å². The van der Waals surface area contributed by atoms with E-state index in [1.54, 1.807) is 6.08 Å². The van der Waals surface area contributed by atoms with Crippen molar-refractivity contribution < 1.29 is 9.21 Å². The number of halogens is 1. The van der Waals surface area contributed by atoms with Gasteiger partial charge >= 0.3 is 0 Å². The lowest BCUT2D eigenvalue weighted by atomic mass is 10.4. The molecule has 3 nitrogen and oxygen atoms in total. The molecule has 0 aliphatic carbocycles. The summed E-state index contributed by atoms with van der Waals surface area (Å²) in [5.41, 5.74) is 0. The lowest BCUT2D eigenvalue weighted by Crippen LogP contribution is -2.17. The standard InChI is InChI=1S/C8H4INO2S2/c9-6-2-1-4(12-6)3-5-7(11)10-8(13)14-5/h1-3H,(H,10,11,13)/b5-3+. The van der Waals surface area contributed by atoms with Crippen LogP contribution in [0, 0.1) is 3.77 Å². The molecule has 1 aromatic rings. The van der Waals surface area contributed by atoms with Crippen molar-refractivity contribution in [1.82, 2.24) is 5.32 Å². The Morgan fingerprint density at radius 3 is 2.86 bits per heavy atom. The zero-order chi connectivity index (χ0) is 10.1. The number of hydrogen-bond donors (Lipinski definition) is 1. The summed E-state index contributed by atoms with van der Waals surface area (Å²) in [5.74, 6) is 0.503. The van der Waals surface area contributed by atoms with Crippen molar-refractivity contribution >= 4 is 62.9 Å². The van der Waals surface area contributed by atoms with Gasteiger partial charge in [0.05, 0.1) is 4.91 Å². The minimum atomic E-state index is -0.161. The summed E-state index contributed by atoms with van der Waals surface area (Å²) in [6, 6.07) is 3.65. The van der Waals surface area contributed by atoms with Gasteiger partial charge in [-0.25, -0.2) is 0 Å². The average Bonchev–Trinajstić information content (AvgIpc) is 2.61. The molecule has 0 atom stereocenters. The van der Waals surface area contributed by atoms with Crippen LogP contribution in [0.3, 0.4) is 0 Å². The molecule has 1 N–H and O–H groups in total. The van der Waals surface area contributed by atoms with E-state index in [4.69, 9.17) is 16.6 Å². The molecule has 14 heavy (non-hydrogen) atoms. The van der Waals surface area contributed by atoms with E-state index in [-0.39, 0.29) is 5.91 Å². The molecule has 0 radical (unpaired) electrons. The number of rotatable bonds is 1. The summed E-state index contributed by atoms with van der Waals surface area (Å²) >= 11 is 8.17. The number of thiocarbonyl (C=S) groups is 1. The molecule has 1 saturated heterocycles. The third kappa shape index (κ3) is 2.18. The Hall–Kier alpha value is -0.340. The highest BCUT2D eigenvalue weighted by Gasteiger charge is 2.22. The minimum absolute atomic E-state index is 0.161. The van der Waals surface area contributed by atoms with Gasteiger partial charge in [0, 0.05) is 6.08 Å². The molecule has 0 spiro atoms. The third-order valence-corrected chi connectivity index (χ3v) is 3.25. The second-order valence-electron chi connectivity index (χ2n) is 2.49. The first-order valence-electron chi connectivity index (χ1n) is 3.65. The van der Waals surface area contributed by atoms with E-state index < -0.39 is 0 Å². The third-order valence-electron chi connectivity index (χ3n) is 1.51. The van der Waals surface area contributed by atoms with Crippen molar-refractivity contribution in [3.63, 3.8) is 0 Å². The Kier molecular flexibility index (Phi) is 2.93. The molecule has 6 heteroatoms. The Morgan fingerprint density at radius 2 is 2.36 bits per heavy atom. The topological polar surface area (TPSA) is 42.2 Å². The Balaban J connectivity index is 2.27. The molecule has 1 aromatic heterocycles. The summed E-state index contributed by atoms with van der Waals surface area (Å²) in [6.45, 7) is 0. The molecule has 1 aliphatic heterocycles. The lowest BCUT2D eigenvalue weighted by molar-refractivity contribution is -0.115. The first-order chi connectivity index (χ1) is 6.65. The molecule has 0 bridgehead atoms. The molecule has 1 aliphatic rings. The fraction of sp³-hybridized carbons (Fsp3) is 0. The predicted octanol–water partition coefficient (Wildman–Crippen LogP) is 2.37. The Labute approximate surface area is 103 Å². The summed E-state index contributed by atoms with van der Waals surface area (Å²) in [5, 5.41) is 2.54. The van der Waals surface area contributed by atoms with Gasteiger partial charge in [0.2, 0.25) is 0 Å². The molecular formula is C8H4INO2S2. The molecule has 0 saturated carbocycles. The van der Waals surface area contributed by atoms with Gasteiger partial charge in [0.1, 0.15) is 10.1 Å². The predicted molar refractivity (Wildman–Crippen MR) is 67.7 cm³/mol. The van der Waals surface area contributed by atoms with E-state index in [1.807, 2.05) is 12.1 Å². The van der Waals surface area contributed by atoms with Gasteiger partial charge in [-0.05, 0) is 34.7 Å². The molecule has 2 heterocycles. The van der Waals surface area contributed by atoms with Crippen LogP contribution in [0.2, 0.25) is 0 Å². The largest absolute Gasteiger partial charge is 0.451 e. The zero-order valence-corrected chi connectivity index (χ0v) is 10.5. The summed E-state index contributed by atoms with van der Waals surface area (Å²) < 4.78 is 6.58. The molecule has 0 unspecified atom stereocenters. The fourth-order valence-corrected chi connectivity index (χ4v) is 2.41. The van der Waals surface area contributed by atoms with E-state index in [0.29, 0.717) is 15.0 Å². The number of furan rings is 1. The van der Waals surface area contributed by atoms with Gasteiger partial charge in [-0.1, -0.05) is 24.0 Å². The van der Waals surface area contributed by atoms with E-state index in [2.05, 4.69) is 27.9 Å². The maximum absolute atomic E-state index is 11.3. The fourth-order valence-electron chi connectivity index (χ4n) is 0.956. The summed E-state index contributed by atoms with van der Waals surface area (Å²) in [6.07, 6.45) is 1.68. The summed E-state index contributed by atoms with van der Waals surface area (Å²) in [4.78, 5) is 11.8. The van der Waals surface area contributed by atoms with Gasteiger partial charge in [0.15, 0.2) is 3.77 Å². The Morgan fingerprint density at radius 1 is 1.57 bits per heavy atom. The van der Waals surface area contributed by atoms with E-state index in [0.717, 1.165) is 3.77 Å². The summed E-state index contributed by atoms with van der Waals surface area (Å²) in [7, 11) is 0.